The molecule has 1 aromatic carbocycles. The van der Waals surface area contributed by atoms with Gasteiger partial charge in [0.2, 0.25) is 0 Å². The molecule has 4 nitrogen and oxygen atoms in total. The Bertz CT molecular complexity index is 612. The van der Waals surface area contributed by atoms with Crippen molar-refractivity contribution >= 4 is 0 Å². The molecule has 1 N–H and O–H groups in total. The van der Waals surface area contributed by atoms with E-state index in [-0.39, 0.29) is 0 Å². The predicted octanol–water partition coefficient (Wildman–Crippen LogP) is 2.31. The molecule has 98 valence electrons. The third-order valence-electron chi connectivity index (χ3n) is 4.24. The Morgan fingerprint density at radius 3 is 2.84 bits per heavy atom. The Hall–Kier alpha value is -1.68. The van der Waals surface area contributed by atoms with Gasteiger partial charge >= 0.3 is 0 Å². The van der Waals surface area contributed by atoms with Crippen LogP contribution in [0.25, 0.3) is 11.4 Å². The highest BCUT2D eigenvalue weighted by Gasteiger charge is 2.37. The Morgan fingerprint density at radius 2 is 2.05 bits per heavy atom. The van der Waals surface area contributed by atoms with Crippen molar-refractivity contribution in [3.63, 3.8) is 0 Å². The number of hydrogen-bond acceptors (Lipinski definition) is 3. The summed E-state index contributed by atoms with van der Waals surface area (Å²) in [5, 5.41) is 12.5. The molecule has 1 aliphatic carbocycles. The molecule has 1 saturated carbocycles. The predicted molar refractivity (Wildman–Crippen MR) is 73.7 cm³/mol. The first-order valence-electron chi connectivity index (χ1n) is 7.07. The van der Waals surface area contributed by atoms with Crippen LogP contribution in [0.1, 0.15) is 30.3 Å². The average Bonchev–Trinajstić information content (AvgIpc) is 3.19. The Balaban J connectivity index is 1.81. The minimum absolute atomic E-state index is 0.416. The highest BCUT2D eigenvalue weighted by Crippen LogP contribution is 2.42. The molecule has 0 spiro atoms. The molecule has 2 heterocycles. The summed E-state index contributed by atoms with van der Waals surface area (Å²) >= 11 is 0. The summed E-state index contributed by atoms with van der Waals surface area (Å²) in [6, 6.07) is 8.83. The van der Waals surface area contributed by atoms with Crippen LogP contribution in [0.3, 0.4) is 0 Å². The molecule has 1 aliphatic heterocycles. The normalized spacial score (nSPS) is 22.3. The lowest BCUT2D eigenvalue weighted by molar-refractivity contribution is 0.383. The van der Waals surface area contributed by atoms with Crippen LogP contribution in [0.2, 0.25) is 0 Å². The number of nitrogens with zero attached hydrogens (tertiary/aromatic N) is 3. The van der Waals surface area contributed by atoms with E-state index in [1.807, 2.05) is 0 Å². The molecule has 1 atom stereocenters. The molecule has 1 aromatic heterocycles. The molecule has 4 rings (SSSR count). The van der Waals surface area contributed by atoms with E-state index < -0.39 is 0 Å². The highest BCUT2D eigenvalue weighted by atomic mass is 15.3. The Morgan fingerprint density at radius 1 is 1.21 bits per heavy atom. The van der Waals surface area contributed by atoms with Crippen LogP contribution in [0.15, 0.2) is 24.3 Å². The smallest absolute Gasteiger partial charge is 0.164 e. The molecule has 1 fully saturated rings. The van der Waals surface area contributed by atoms with Crippen molar-refractivity contribution < 1.29 is 0 Å². The van der Waals surface area contributed by atoms with Gasteiger partial charge in [0.15, 0.2) is 11.6 Å². The van der Waals surface area contributed by atoms with E-state index in [0.717, 1.165) is 30.7 Å². The molecule has 0 saturated heterocycles. The summed E-state index contributed by atoms with van der Waals surface area (Å²) in [7, 11) is 0. The van der Waals surface area contributed by atoms with Crippen molar-refractivity contribution in [2.24, 2.45) is 5.92 Å². The fourth-order valence-corrected chi connectivity index (χ4v) is 3.02. The van der Waals surface area contributed by atoms with E-state index in [0.29, 0.717) is 6.04 Å². The van der Waals surface area contributed by atoms with Gasteiger partial charge in [0, 0.05) is 18.7 Å². The highest BCUT2D eigenvalue weighted by molar-refractivity contribution is 5.60. The minimum Gasteiger partial charge on any atom is -0.308 e. The number of rotatable bonds is 2. The lowest BCUT2D eigenvalue weighted by atomic mass is 10.1. The number of aromatic nitrogens is 3. The van der Waals surface area contributed by atoms with Gasteiger partial charge in [-0.1, -0.05) is 24.3 Å². The zero-order chi connectivity index (χ0) is 12.8. The third-order valence-corrected chi connectivity index (χ3v) is 4.24. The summed E-state index contributed by atoms with van der Waals surface area (Å²) in [6.07, 6.45) is 2.65. The molecular formula is C15H18N4. The molecule has 0 bridgehead atoms. The van der Waals surface area contributed by atoms with Crippen molar-refractivity contribution in [2.45, 2.75) is 32.4 Å². The third kappa shape index (κ3) is 1.78. The molecule has 4 heteroatoms. The number of benzene rings is 1. The van der Waals surface area contributed by atoms with E-state index in [2.05, 4.69) is 51.3 Å². The van der Waals surface area contributed by atoms with E-state index in [1.54, 1.807) is 0 Å². The van der Waals surface area contributed by atoms with Crippen LogP contribution in [-0.2, 0) is 6.54 Å². The first kappa shape index (κ1) is 11.2. The zero-order valence-corrected chi connectivity index (χ0v) is 11.1. The second kappa shape index (κ2) is 4.17. The van der Waals surface area contributed by atoms with Gasteiger partial charge in [0.05, 0.1) is 6.04 Å². The van der Waals surface area contributed by atoms with Gasteiger partial charge in [-0.3, -0.25) is 0 Å². The van der Waals surface area contributed by atoms with Gasteiger partial charge in [-0.05, 0) is 31.2 Å². The molecule has 19 heavy (non-hydrogen) atoms. The minimum atomic E-state index is 0.416. The van der Waals surface area contributed by atoms with Crippen molar-refractivity contribution in [3.8, 4) is 11.4 Å². The van der Waals surface area contributed by atoms with Gasteiger partial charge in [0.1, 0.15) is 0 Å². The number of hydrogen-bond donors (Lipinski definition) is 1. The first-order valence-corrected chi connectivity index (χ1v) is 7.07. The lowest BCUT2D eigenvalue weighted by Crippen LogP contribution is -2.35. The summed E-state index contributed by atoms with van der Waals surface area (Å²) in [4.78, 5) is 0. The molecule has 0 amide bonds. The monoisotopic (exact) mass is 254 g/mol. The quantitative estimate of drug-likeness (QED) is 0.894. The second-order valence-corrected chi connectivity index (χ2v) is 5.62. The van der Waals surface area contributed by atoms with E-state index >= 15 is 0 Å². The van der Waals surface area contributed by atoms with Crippen LogP contribution >= 0.6 is 0 Å². The van der Waals surface area contributed by atoms with Crippen LogP contribution < -0.4 is 5.32 Å². The van der Waals surface area contributed by atoms with Gasteiger partial charge in [0.25, 0.3) is 0 Å². The number of aryl methyl sites for hydroxylation is 1. The molecular weight excluding hydrogens is 236 g/mol. The fourth-order valence-electron chi connectivity index (χ4n) is 3.02. The van der Waals surface area contributed by atoms with Gasteiger partial charge in [-0.2, -0.15) is 0 Å². The maximum Gasteiger partial charge on any atom is 0.164 e. The van der Waals surface area contributed by atoms with Crippen LogP contribution in [0.5, 0.6) is 0 Å². The molecule has 2 aliphatic rings. The van der Waals surface area contributed by atoms with E-state index in [1.165, 1.54) is 24.0 Å². The van der Waals surface area contributed by atoms with Crippen molar-refractivity contribution in [1.29, 1.82) is 0 Å². The standard InChI is InChI=1S/C15H18N4/c1-10-4-2-3-5-12(10)14-17-18-15-13(11-6-7-11)16-8-9-19(14)15/h2-5,11,13,16H,6-9H2,1H3. The molecule has 1 unspecified atom stereocenters. The maximum absolute atomic E-state index is 4.47. The maximum atomic E-state index is 4.47. The summed E-state index contributed by atoms with van der Waals surface area (Å²) < 4.78 is 2.31. The van der Waals surface area contributed by atoms with E-state index in [4.69, 9.17) is 0 Å². The largest absolute Gasteiger partial charge is 0.308 e. The first-order chi connectivity index (χ1) is 9.34. The SMILES string of the molecule is Cc1ccccc1-c1nnc2n1CCNC2C1CC1. The Kier molecular flexibility index (Phi) is 2.45. The lowest BCUT2D eigenvalue weighted by Gasteiger charge is -2.25. The summed E-state index contributed by atoms with van der Waals surface area (Å²) in [5.74, 6) is 2.93. The van der Waals surface area contributed by atoms with Crippen LogP contribution in [0.4, 0.5) is 0 Å². The van der Waals surface area contributed by atoms with Gasteiger partial charge in [-0.15, -0.1) is 10.2 Å². The van der Waals surface area contributed by atoms with Crippen molar-refractivity contribution in [3.05, 3.63) is 35.7 Å². The molecule has 2 aromatic rings. The van der Waals surface area contributed by atoms with Crippen LogP contribution in [0, 0.1) is 12.8 Å². The molecule has 0 radical (unpaired) electrons. The average molecular weight is 254 g/mol. The summed E-state index contributed by atoms with van der Waals surface area (Å²) in [6.45, 7) is 4.12. The van der Waals surface area contributed by atoms with Crippen molar-refractivity contribution in [1.82, 2.24) is 20.1 Å². The number of nitrogens with one attached hydrogen (secondary N) is 1. The van der Waals surface area contributed by atoms with Crippen molar-refractivity contribution in [2.75, 3.05) is 6.54 Å². The van der Waals surface area contributed by atoms with E-state index in [9.17, 15) is 0 Å². The van der Waals surface area contributed by atoms with Gasteiger partial charge in [-0.25, -0.2) is 0 Å². The Labute approximate surface area is 112 Å². The zero-order valence-electron chi connectivity index (χ0n) is 11.1. The topological polar surface area (TPSA) is 42.7 Å². The van der Waals surface area contributed by atoms with Crippen LogP contribution in [-0.4, -0.2) is 21.3 Å². The number of fused-ring (bicyclic) bond motifs is 1. The fraction of sp³-hybridized carbons (Fsp3) is 0.467. The second-order valence-electron chi connectivity index (χ2n) is 5.62. The van der Waals surface area contributed by atoms with Gasteiger partial charge < -0.3 is 9.88 Å². The summed E-state index contributed by atoms with van der Waals surface area (Å²) in [5.41, 5.74) is 2.47.